The van der Waals surface area contributed by atoms with E-state index in [-0.39, 0.29) is 0 Å². The van der Waals surface area contributed by atoms with Crippen molar-refractivity contribution in [1.29, 1.82) is 0 Å². The second-order valence-electron chi connectivity index (χ2n) is 2.66. The molecule has 7 heteroatoms. The number of aromatic nitrogens is 1. The zero-order chi connectivity index (χ0) is 11.6. The van der Waals surface area contributed by atoms with Crippen LogP contribution in [0.3, 0.4) is 0 Å². The molecular weight excluding hydrogens is 241 g/mol. The fourth-order valence-electron chi connectivity index (χ4n) is 0.976. The Hall–Kier alpha value is -0.910. The molecule has 1 heterocycles. The lowest BCUT2D eigenvalue weighted by Crippen LogP contribution is -2.10. The molecule has 0 fully saturated rings. The molecule has 0 saturated heterocycles. The summed E-state index contributed by atoms with van der Waals surface area (Å²) < 4.78 is 61.0. The highest BCUT2D eigenvalue weighted by Gasteiger charge is 2.33. The van der Waals surface area contributed by atoms with Crippen LogP contribution in [0.5, 0.6) is 0 Å². The Labute approximate surface area is 86.9 Å². The maximum atomic E-state index is 12.3. The Morgan fingerprint density at radius 1 is 1.27 bits per heavy atom. The van der Waals surface area contributed by atoms with Crippen LogP contribution in [0.25, 0.3) is 0 Å². The fourth-order valence-corrected chi connectivity index (χ4v) is 1.19. The van der Waals surface area contributed by atoms with Gasteiger partial charge in [-0.2, -0.15) is 13.2 Å². The lowest BCUT2D eigenvalue weighted by Gasteiger charge is -2.10. The molecule has 0 aromatic carbocycles. The SMILES string of the molecule is FC(F)c1ccc(C(F)(F)F)nc1CCl. The van der Waals surface area contributed by atoms with Gasteiger partial charge in [0.15, 0.2) is 0 Å². The minimum atomic E-state index is -4.65. The van der Waals surface area contributed by atoms with Gasteiger partial charge in [0.2, 0.25) is 0 Å². The van der Waals surface area contributed by atoms with E-state index in [1.807, 2.05) is 0 Å². The summed E-state index contributed by atoms with van der Waals surface area (Å²) in [5.74, 6) is -0.483. The first-order valence-electron chi connectivity index (χ1n) is 3.77. The van der Waals surface area contributed by atoms with Crippen LogP contribution in [0.2, 0.25) is 0 Å². The molecule has 0 radical (unpaired) electrons. The molecule has 0 N–H and O–H groups in total. The van der Waals surface area contributed by atoms with Gasteiger partial charge in [-0.1, -0.05) is 0 Å². The van der Waals surface area contributed by atoms with Gasteiger partial charge < -0.3 is 0 Å². The predicted octanol–water partition coefficient (Wildman–Crippen LogP) is 3.78. The highest BCUT2D eigenvalue weighted by Crippen LogP contribution is 2.30. The quantitative estimate of drug-likeness (QED) is 0.571. The summed E-state index contributed by atoms with van der Waals surface area (Å²) >= 11 is 5.24. The predicted molar refractivity (Wildman–Crippen MR) is 43.8 cm³/mol. The van der Waals surface area contributed by atoms with Crippen molar-refractivity contribution in [3.63, 3.8) is 0 Å². The number of rotatable bonds is 2. The molecule has 1 rings (SSSR count). The lowest BCUT2D eigenvalue weighted by atomic mass is 10.2. The summed E-state index contributed by atoms with van der Waals surface area (Å²) in [6, 6.07) is 1.20. The van der Waals surface area contributed by atoms with Crippen molar-refractivity contribution in [3.05, 3.63) is 29.1 Å². The average Bonchev–Trinajstić information content (AvgIpc) is 2.15. The molecule has 0 aliphatic carbocycles. The number of halogens is 6. The van der Waals surface area contributed by atoms with Gasteiger partial charge in [-0.3, -0.25) is 0 Å². The van der Waals surface area contributed by atoms with Gasteiger partial charge >= 0.3 is 6.18 Å². The Kier molecular flexibility index (Phi) is 3.49. The van der Waals surface area contributed by atoms with Crippen molar-refractivity contribution in [3.8, 4) is 0 Å². The second kappa shape index (κ2) is 4.30. The number of alkyl halides is 6. The van der Waals surface area contributed by atoms with E-state index in [0.29, 0.717) is 12.1 Å². The van der Waals surface area contributed by atoms with Crippen molar-refractivity contribution < 1.29 is 22.0 Å². The summed E-state index contributed by atoms with van der Waals surface area (Å²) in [6.07, 6.45) is -7.53. The monoisotopic (exact) mass is 245 g/mol. The second-order valence-corrected chi connectivity index (χ2v) is 2.93. The van der Waals surface area contributed by atoms with E-state index in [0.717, 1.165) is 0 Å². The van der Waals surface area contributed by atoms with Gasteiger partial charge in [0.05, 0.1) is 11.6 Å². The minimum Gasteiger partial charge on any atom is -0.247 e. The molecule has 1 aromatic rings. The first-order chi connectivity index (χ1) is 6.86. The van der Waals surface area contributed by atoms with Crippen LogP contribution >= 0.6 is 11.6 Å². The van der Waals surface area contributed by atoms with Crippen LogP contribution in [-0.4, -0.2) is 4.98 Å². The third-order valence-corrected chi connectivity index (χ3v) is 1.91. The molecule has 0 amide bonds. The van der Waals surface area contributed by atoms with Crippen LogP contribution in [0.15, 0.2) is 12.1 Å². The van der Waals surface area contributed by atoms with Crippen molar-refractivity contribution in [2.24, 2.45) is 0 Å². The van der Waals surface area contributed by atoms with Gasteiger partial charge in [0.1, 0.15) is 5.69 Å². The number of hydrogen-bond acceptors (Lipinski definition) is 1. The first-order valence-corrected chi connectivity index (χ1v) is 4.31. The zero-order valence-electron chi connectivity index (χ0n) is 7.15. The van der Waals surface area contributed by atoms with Gasteiger partial charge in [-0.15, -0.1) is 11.6 Å². The van der Waals surface area contributed by atoms with E-state index in [1.54, 1.807) is 0 Å². The van der Waals surface area contributed by atoms with E-state index in [9.17, 15) is 22.0 Å². The molecule has 84 valence electrons. The van der Waals surface area contributed by atoms with Crippen molar-refractivity contribution in [2.45, 2.75) is 18.5 Å². The molecule has 0 spiro atoms. The summed E-state index contributed by atoms with van der Waals surface area (Å²) in [5.41, 5.74) is -2.23. The molecule has 0 saturated carbocycles. The molecule has 15 heavy (non-hydrogen) atoms. The van der Waals surface area contributed by atoms with Crippen LogP contribution < -0.4 is 0 Å². The first kappa shape index (κ1) is 12.2. The van der Waals surface area contributed by atoms with E-state index < -0.39 is 35.4 Å². The van der Waals surface area contributed by atoms with Crippen molar-refractivity contribution >= 4 is 11.6 Å². The molecule has 0 aliphatic heterocycles. The highest BCUT2D eigenvalue weighted by atomic mass is 35.5. The van der Waals surface area contributed by atoms with Crippen LogP contribution in [0.1, 0.15) is 23.4 Å². The third kappa shape index (κ3) is 2.77. The molecule has 1 aromatic heterocycles. The third-order valence-electron chi connectivity index (χ3n) is 1.66. The molecule has 0 atom stereocenters. The van der Waals surface area contributed by atoms with E-state index >= 15 is 0 Å². The topological polar surface area (TPSA) is 12.9 Å². The van der Waals surface area contributed by atoms with E-state index in [4.69, 9.17) is 11.6 Å². The summed E-state index contributed by atoms with van der Waals surface area (Å²) in [4.78, 5) is 3.05. The normalized spacial score (nSPS) is 12.2. The molecule has 0 aliphatic rings. The summed E-state index contributed by atoms with van der Waals surface area (Å²) in [6.45, 7) is 0. The average molecular weight is 246 g/mol. The molecule has 0 unspecified atom stereocenters. The Balaban J connectivity index is 3.19. The number of nitrogens with zero attached hydrogens (tertiary/aromatic N) is 1. The largest absolute Gasteiger partial charge is 0.433 e. The molecule has 0 bridgehead atoms. The fraction of sp³-hybridized carbons (Fsp3) is 0.375. The summed E-state index contributed by atoms with van der Waals surface area (Å²) in [5, 5.41) is 0. The Morgan fingerprint density at radius 2 is 1.87 bits per heavy atom. The Bertz CT molecular complexity index is 349. The van der Waals surface area contributed by atoms with Crippen LogP contribution in [0.4, 0.5) is 22.0 Å². The van der Waals surface area contributed by atoms with E-state index in [2.05, 4.69) is 4.98 Å². The summed E-state index contributed by atoms with van der Waals surface area (Å²) in [7, 11) is 0. The molecular formula is C8H5ClF5N. The smallest absolute Gasteiger partial charge is 0.247 e. The van der Waals surface area contributed by atoms with Crippen LogP contribution in [0, 0.1) is 0 Å². The lowest BCUT2D eigenvalue weighted by molar-refractivity contribution is -0.141. The van der Waals surface area contributed by atoms with Crippen molar-refractivity contribution in [1.82, 2.24) is 4.98 Å². The standard InChI is InChI=1S/C8H5ClF5N/c9-3-5-4(7(10)11)1-2-6(15-5)8(12,13)14/h1-2,7H,3H2. The Morgan fingerprint density at radius 3 is 2.27 bits per heavy atom. The maximum Gasteiger partial charge on any atom is 0.433 e. The molecule has 1 nitrogen and oxygen atoms in total. The van der Waals surface area contributed by atoms with E-state index in [1.165, 1.54) is 0 Å². The minimum absolute atomic E-state index is 0.443. The highest BCUT2D eigenvalue weighted by molar-refractivity contribution is 6.17. The van der Waals surface area contributed by atoms with Crippen molar-refractivity contribution in [2.75, 3.05) is 0 Å². The number of pyridine rings is 1. The van der Waals surface area contributed by atoms with Crippen LogP contribution in [-0.2, 0) is 12.1 Å². The van der Waals surface area contributed by atoms with Gasteiger partial charge in [-0.25, -0.2) is 13.8 Å². The zero-order valence-corrected chi connectivity index (χ0v) is 7.91. The van der Waals surface area contributed by atoms with Gasteiger partial charge in [0.25, 0.3) is 6.43 Å². The number of hydrogen-bond donors (Lipinski definition) is 0. The maximum absolute atomic E-state index is 12.3. The van der Waals surface area contributed by atoms with Gasteiger partial charge in [0, 0.05) is 5.56 Å². The van der Waals surface area contributed by atoms with Gasteiger partial charge in [-0.05, 0) is 12.1 Å².